The number of esters is 3. The van der Waals surface area contributed by atoms with Gasteiger partial charge in [0.25, 0.3) is 5.56 Å². The maximum atomic E-state index is 13.4. The Morgan fingerprint density at radius 2 is 1.26 bits per heavy atom. The molecule has 1 N–H and O–H groups in total. The summed E-state index contributed by atoms with van der Waals surface area (Å²) in [4.78, 5) is 69.6. The van der Waals surface area contributed by atoms with Crippen molar-refractivity contribution >= 4 is 23.7 Å². The molecule has 3 heterocycles. The molecule has 0 saturated carbocycles. The number of morpholine rings is 1. The van der Waals surface area contributed by atoms with Crippen molar-refractivity contribution in [3.8, 4) is 0 Å². The first-order chi connectivity index (χ1) is 22.9. The normalized spacial score (nSPS) is 20.7. The summed E-state index contributed by atoms with van der Waals surface area (Å²) in [6.45, 7) is 0.891. The molecule has 242 valence electrons. The van der Waals surface area contributed by atoms with Crippen LogP contribution in [0.2, 0.25) is 0 Å². The molecule has 0 bridgehead atoms. The highest BCUT2D eigenvalue weighted by Crippen LogP contribution is 2.34. The monoisotopic (exact) mass is 642 g/mol. The topological polar surface area (TPSA) is 168 Å². The lowest BCUT2D eigenvalue weighted by molar-refractivity contribution is -0.0698. The Morgan fingerprint density at radius 1 is 0.745 bits per heavy atom. The maximum absolute atomic E-state index is 13.4. The molecule has 2 aliphatic heterocycles. The fourth-order valence-corrected chi connectivity index (χ4v) is 5.21. The van der Waals surface area contributed by atoms with Crippen LogP contribution in [0.1, 0.15) is 37.3 Å². The van der Waals surface area contributed by atoms with Crippen LogP contribution in [0.3, 0.4) is 0 Å². The average molecular weight is 643 g/mol. The first kappa shape index (κ1) is 31.4. The van der Waals surface area contributed by atoms with Gasteiger partial charge in [-0.3, -0.25) is 9.78 Å². The zero-order chi connectivity index (χ0) is 32.8. The van der Waals surface area contributed by atoms with Crippen LogP contribution in [0.4, 0.5) is 5.82 Å². The van der Waals surface area contributed by atoms with Crippen molar-refractivity contribution in [3.63, 3.8) is 0 Å². The summed E-state index contributed by atoms with van der Waals surface area (Å²) in [5, 5.41) is 4.32. The molecule has 0 radical (unpaired) electrons. The lowest BCUT2D eigenvalue weighted by Gasteiger charge is -2.28. The summed E-state index contributed by atoms with van der Waals surface area (Å²) in [6.07, 6.45) is -5.62. The molecule has 0 aliphatic carbocycles. The first-order valence-electron chi connectivity index (χ1n) is 14.8. The zero-order valence-electron chi connectivity index (χ0n) is 24.9. The number of H-pyrrole nitrogens is 1. The standard InChI is InChI=1S/C33H30N4O10/c38-28-27(36-16-18-43-19-17-36)35-37(33(42)34-28)29-26(47-32(41)23-14-8-3-9-15-23)25(46-31(40)22-12-6-2-7-13-22)24(45-29)20-44-30(39)21-10-4-1-5-11-21/h1-15,24-26,29H,16-20H2,(H,34,38,42)/t24-,25+,26+,29-/m1/s1. The van der Waals surface area contributed by atoms with Crippen LogP contribution >= 0.6 is 0 Å². The molecule has 2 saturated heterocycles. The van der Waals surface area contributed by atoms with Gasteiger partial charge in [-0.15, -0.1) is 5.10 Å². The lowest BCUT2D eigenvalue weighted by Crippen LogP contribution is -2.46. The molecule has 2 aliphatic rings. The number of benzene rings is 3. The number of aromatic amines is 1. The van der Waals surface area contributed by atoms with Crippen LogP contribution in [0.15, 0.2) is 101 Å². The first-order valence-corrected chi connectivity index (χ1v) is 14.8. The molecule has 6 rings (SSSR count). The van der Waals surface area contributed by atoms with E-state index in [1.807, 2.05) is 0 Å². The molecular formula is C33H30N4O10. The molecule has 14 nitrogen and oxygen atoms in total. The number of anilines is 1. The van der Waals surface area contributed by atoms with Gasteiger partial charge < -0.3 is 28.6 Å². The predicted octanol–water partition coefficient (Wildman–Crippen LogP) is 1.97. The van der Waals surface area contributed by atoms with Crippen LogP contribution in [-0.2, 0) is 23.7 Å². The minimum absolute atomic E-state index is 0.0820. The SMILES string of the molecule is O=C(OC[C@H]1O[C@@H](n2nc(N3CCOCC3)c(=O)[nH]c2=O)[C@@H](OC(=O)c2ccccc2)[C@H]1OC(=O)c1ccccc1)c1ccccc1. The molecule has 0 spiro atoms. The van der Waals surface area contributed by atoms with Crippen LogP contribution in [0, 0.1) is 0 Å². The van der Waals surface area contributed by atoms with E-state index in [0.717, 1.165) is 4.68 Å². The molecule has 0 amide bonds. The number of carbonyl (C=O) groups excluding carboxylic acids is 3. The van der Waals surface area contributed by atoms with Crippen molar-refractivity contribution in [2.75, 3.05) is 37.8 Å². The minimum atomic E-state index is -1.51. The number of hydrogen-bond donors (Lipinski definition) is 1. The second kappa shape index (κ2) is 14.2. The fourth-order valence-electron chi connectivity index (χ4n) is 5.21. The van der Waals surface area contributed by atoms with Crippen LogP contribution in [0.5, 0.6) is 0 Å². The summed E-state index contributed by atoms with van der Waals surface area (Å²) >= 11 is 0. The highest BCUT2D eigenvalue weighted by molar-refractivity contribution is 5.91. The Hall–Kier alpha value is -5.60. The molecule has 47 heavy (non-hydrogen) atoms. The van der Waals surface area contributed by atoms with Gasteiger partial charge >= 0.3 is 23.6 Å². The van der Waals surface area contributed by atoms with E-state index < -0.39 is 60.3 Å². The van der Waals surface area contributed by atoms with Crippen LogP contribution < -0.4 is 16.1 Å². The van der Waals surface area contributed by atoms with Crippen molar-refractivity contribution in [3.05, 3.63) is 129 Å². The smallest absolute Gasteiger partial charge is 0.347 e. The second-order valence-corrected chi connectivity index (χ2v) is 10.6. The second-order valence-electron chi connectivity index (χ2n) is 10.6. The summed E-state index contributed by atoms with van der Waals surface area (Å²) < 4.78 is 29.7. The quantitative estimate of drug-likeness (QED) is 0.209. The minimum Gasteiger partial charge on any atom is -0.459 e. The van der Waals surface area contributed by atoms with Gasteiger partial charge in [-0.25, -0.2) is 19.2 Å². The molecule has 2 fully saturated rings. The Kier molecular flexibility index (Phi) is 9.50. The zero-order valence-corrected chi connectivity index (χ0v) is 24.9. The number of rotatable bonds is 9. The van der Waals surface area contributed by atoms with Crippen LogP contribution in [0.25, 0.3) is 0 Å². The molecule has 0 unspecified atom stereocenters. The number of ether oxygens (including phenoxy) is 5. The Balaban J connectivity index is 1.39. The summed E-state index contributed by atoms with van der Waals surface area (Å²) in [5.41, 5.74) is -1.06. The van der Waals surface area contributed by atoms with Gasteiger partial charge in [0.15, 0.2) is 18.4 Å². The van der Waals surface area contributed by atoms with Gasteiger partial charge in [0.2, 0.25) is 5.82 Å². The Labute approximate surface area is 267 Å². The third kappa shape index (κ3) is 7.13. The summed E-state index contributed by atoms with van der Waals surface area (Å²) in [5.74, 6) is -2.35. The highest BCUT2D eigenvalue weighted by atomic mass is 16.7. The van der Waals surface area contributed by atoms with E-state index in [0.29, 0.717) is 26.3 Å². The van der Waals surface area contributed by atoms with Gasteiger partial charge in [0.1, 0.15) is 12.7 Å². The van der Waals surface area contributed by atoms with Crippen molar-refractivity contribution < 1.29 is 38.1 Å². The van der Waals surface area contributed by atoms with Gasteiger partial charge in [-0.2, -0.15) is 4.68 Å². The number of aromatic nitrogens is 3. The van der Waals surface area contributed by atoms with Crippen molar-refractivity contribution in [1.82, 2.24) is 14.8 Å². The van der Waals surface area contributed by atoms with Gasteiger partial charge in [0, 0.05) is 13.1 Å². The Bertz CT molecular complexity index is 1830. The molecule has 1 aromatic heterocycles. The summed E-state index contributed by atoms with van der Waals surface area (Å²) in [7, 11) is 0. The van der Waals surface area contributed by atoms with E-state index >= 15 is 0 Å². The van der Waals surface area contributed by atoms with Crippen molar-refractivity contribution in [2.24, 2.45) is 0 Å². The van der Waals surface area contributed by atoms with E-state index in [9.17, 15) is 24.0 Å². The number of nitrogens with one attached hydrogen (secondary N) is 1. The largest absolute Gasteiger partial charge is 0.459 e. The molecule has 14 heteroatoms. The third-order valence-electron chi connectivity index (χ3n) is 7.56. The van der Waals surface area contributed by atoms with Crippen molar-refractivity contribution in [2.45, 2.75) is 24.5 Å². The molecule has 4 aromatic rings. The summed E-state index contributed by atoms with van der Waals surface area (Å²) in [6, 6.07) is 24.3. The van der Waals surface area contributed by atoms with Crippen molar-refractivity contribution in [1.29, 1.82) is 0 Å². The molecule has 3 aromatic carbocycles. The number of hydrogen-bond acceptors (Lipinski definition) is 12. The van der Waals surface area contributed by atoms with Gasteiger partial charge in [0.05, 0.1) is 29.9 Å². The molecular weight excluding hydrogens is 612 g/mol. The van der Waals surface area contributed by atoms with E-state index in [-0.39, 0.29) is 22.5 Å². The van der Waals surface area contributed by atoms with E-state index in [2.05, 4.69) is 10.1 Å². The van der Waals surface area contributed by atoms with E-state index in [4.69, 9.17) is 23.7 Å². The highest BCUT2D eigenvalue weighted by Gasteiger charge is 2.52. The maximum Gasteiger partial charge on any atom is 0.347 e. The fraction of sp³-hybridized carbons (Fsp3) is 0.273. The number of nitrogens with zero attached hydrogens (tertiary/aromatic N) is 3. The number of carbonyl (C=O) groups is 3. The lowest BCUT2D eigenvalue weighted by atomic mass is 10.1. The molecule has 4 atom stereocenters. The average Bonchev–Trinajstić information content (AvgIpc) is 3.44. The van der Waals surface area contributed by atoms with E-state index in [1.54, 1.807) is 71.6 Å². The van der Waals surface area contributed by atoms with Gasteiger partial charge in [-0.05, 0) is 36.4 Å². The van der Waals surface area contributed by atoms with E-state index in [1.165, 1.54) is 24.3 Å². The predicted molar refractivity (Wildman–Crippen MR) is 164 cm³/mol. The Morgan fingerprint density at radius 3 is 1.81 bits per heavy atom. The third-order valence-corrected chi connectivity index (χ3v) is 7.56. The van der Waals surface area contributed by atoms with Crippen LogP contribution in [-0.4, -0.2) is 83.9 Å². The van der Waals surface area contributed by atoms with Gasteiger partial charge in [-0.1, -0.05) is 54.6 Å².